The summed E-state index contributed by atoms with van der Waals surface area (Å²) in [6.07, 6.45) is 1.70. The predicted molar refractivity (Wildman–Crippen MR) is 67.6 cm³/mol. The number of ether oxygens (including phenoxy) is 4. The van der Waals surface area contributed by atoms with E-state index in [1.165, 1.54) is 0 Å². The molecule has 0 unspecified atom stereocenters. The van der Waals surface area contributed by atoms with Gasteiger partial charge in [0.15, 0.2) is 0 Å². The lowest BCUT2D eigenvalue weighted by atomic mass is 10.5. The largest absolute Gasteiger partial charge is 0.378 e. The summed E-state index contributed by atoms with van der Waals surface area (Å²) in [4.78, 5) is 0. The summed E-state index contributed by atoms with van der Waals surface area (Å²) in [5.74, 6) is 0. The molecule has 0 radical (unpaired) electrons. The van der Waals surface area contributed by atoms with Crippen molar-refractivity contribution in [2.75, 3.05) is 52.8 Å². The molecule has 110 valence electrons. The molecule has 3 N–H and O–H groups in total. The Bertz CT molecular complexity index is 284. The zero-order valence-corrected chi connectivity index (χ0v) is 11.0. The molecule has 0 fully saturated rings. The molecule has 0 saturated carbocycles. The second-order valence-electron chi connectivity index (χ2n) is 3.64. The standard InChI is InChI=1S/C11H22N4O4/c12-1-2-16-3-4-17-5-6-18-7-8-19-10-11-9-13-15-14-11/h9H,1-8,10,12H2,(H,13,14,15). The normalized spacial score (nSPS) is 11.0. The second kappa shape index (κ2) is 12.0. The fourth-order valence-electron chi connectivity index (χ4n) is 1.22. The van der Waals surface area contributed by atoms with E-state index in [1.807, 2.05) is 0 Å². The number of rotatable bonds is 13. The molecule has 0 saturated heterocycles. The van der Waals surface area contributed by atoms with Crippen LogP contribution in [0.15, 0.2) is 6.20 Å². The van der Waals surface area contributed by atoms with E-state index >= 15 is 0 Å². The predicted octanol–water partition coefficient (Wildman–Crippen LogP) is -0.670. The summed E-state index contributed by atoms with van der Waals surface area (Å²) in [6.45, 7) is 4.83. The molecular weight excluding hydrogens is 252 g/mol. The van der Waals surface area contributed by atoms with Gasteiger partial charge in [0, 0.05) is 12.7 Å². The maximum absolute atomic E-state index is 5.33. The van der Waals surface area contributed by atoms with Gasteiger partial charge < -0.3 is 24.7 Å². The van der Waals surface area contributed by atoms with Crippen LogP contribution in [0.4, 0.5) is 0 Å². The Morgan fingerprint density at radius 2 is 1.47 bits per heavy atom. The fraction of sp³-hybridized carbons (Fsp3) is 0.818. The Kier molecular flexibility index (Phi) is 10.1. The zero-order chi connectivity index (χ0) is 13.6. The Labute approximate surface area is 112 Å². The Morgan fingerprint density at radius 1 is 0.895 bits per heavy atom. The molecule has 1 aromatic rings. The molecule has 1 aromatic heterocycles. The maximum atomic E-state index is 5.33. The van der Waals surface area contributed by atoms with Gasteiger partial charge in [-0.25, -0.2) is 0 Å². The Balaban J connectivity index is 1.72. The molecule has 0 aromatic carbocycles. The van der Waals surface area contributed by atoms with Crippen LogP contribution in [0.1, 0.15) is 5.69 Å². The van der Waals surface area contributed by atoms with Gasteiger partial charge >= 0.3 is 0 Å². The van der Waals surface area contributed by atoms with Gasteiger partial charge in [0.05, 0.1) is 52.9 Å². The minimum Gasteiger partial charge on any atom is -0.378 e. The quantitative estimate of drug-likeness (QED) is 0.460. The van der Waals surface area contributed by atoms with Gasteiger partial charge in [-0.3, -0.25) is 5.10 Å². The molecule has 19 heavy (non-hydrogen) atoms. The summed E-state index contributed by atoms with van der Waals surface area (Å²) < 4.78 is 21.1. The molecule has 0 aliphatic rings. The first kappa shape index (κ1) is 16.0. The van der Waals surface area contributed by atoms with Crippen molar-refractivity contribution < 1.29 is 18.9 Å². The van der Waals surface area contributed by atoms with Crippen molar-refractivity contribution >= 4 is 0 Å². The van der Waals surface area contributed by atoms with Crippen LogP contribution in [0.3, 0.4) is 0 Å². The second-order valence-corrected chi connectivity index (χ2v) is 3.64. The van der Waals surface area contributed by atoms with Gasteiger partial charge in [-0.05, 0) is 0 Å². The highest BCUT2D eigenvalue weighted by molar-refractivity contribution is 4.86. The van der Waals surface area contributed by atoms with Crippen LogP contribution < -0.4 is 5.73 Å². The van der Waals surface area contributed by atoms with Crippen LogP contribution >= 0.6 is 0 Å². The van der Waals surface area contributed by atoms with Gasteiger partial charge in [-0.1, -0.05) is 5.21 Å². The molecule has 1 rings (SSSR count). The summed E-state index contributed by atoms with van der Waals surface area (Å²) in [5, 5.41) is 9.99. The van der Waals surface area contributed by atoms with E-state index in [4.69, 9.17) is 24.7 Å². The van der Waals surface area contributed by atoms with Crippen molar-refractivity contribution in [2.45, 2.75) is 6.61 Å². The molecule has 0 amide bonds. The number of hydrogen-bond donors (Lipinski definition) is 2. The monoisotopic (exact) mass is 274 g/mol. The number of H-pyrrole nitrogens is 1. The minimum absolute atomic E-state index is 0.439. The average Bonchev–Trinajstić information content (AvgIpc) is 2.93. The van der Waals surface area contributed by atoms with E-state index in [9.17, 15) is 0 Å². The Hall–Kier alpha value is -1.06. The summed E-state index contributed by atoms with van der Waals surface area (Å²) in [5.41, 5.74) is 6.05. The first-order valence-electron chi connectivity index (χ1n) is 6.30. The van der Waals surface area contributed by atoms with Crippen LogP contribution in [-0.4, -0.2) is 68.2 Å². The van der Waals surface area contributed by atoms with Crippen LogP contribution in [-0.2, 0) is 25.6 Å². The maximum Gasteiger partial charge on any atom is 0.108 e. The summed E-state index contributed by atoms with van der Waals surface area (Å²) >= 11 is 0. The molecule has 0 aliphatic heterocycles. The molecule has 0 spiro atoms. The van der Waals surface area contributed by atoms with Gasteiger partial charge in [-0.2, -0.15) is 0 Å². The number of aromatic amines is 1. The van der Waals surface area contributed by atoms with Crippen molar-refractivity contribution in [3.63, 3.8) is 0 Å². The first-order valence-corrected chi connectivity index (χ1v) is 6.30. The number of nitrogens with zero attached hydrogens (tertiary/aromatic N) is 2. The molecule has 0 aliphatic carbocycles. The van der Waals surface area contributed by atoms with E-state index in [0.29, 0.717) is 59.4 Å². The van der Waals surface area contributed by atoms with E-state index in [-0.39, 0.29) is 0 Å². The van der Waals surface area contributed by atoms with Crippen molar-refractivity contribution in [3.05, 3.63) is 11.9 Å². The van der Waals surface area contributed by atoms with Gasteiger partial charge in [-0.15, -0.1) is 5.10 Å². The third kappa shape index (κ3) is 9.51. The van der Waals surface area contributed by atoms with Gasteiger partial charge in [0.1, 0.15) is 5.69 Å². The van der Waals surface area contributed by atoms with E-state index < -0.39 is 0 Å². The highest BCUT2D eigenvalue weighted by atomic mass is 16.6. The number of aromatic nitrogens is 3. The molecular formula is C11H22N4O4. The number of nitrogens with two attached hydrogens (primary N) is 1. The molecule has 8 heteroatoms. The van der Waals surface area contributed by atoms with Gasteiger partial charge in [0.25, 0.3) is 0 Å². The topological polar surface area (TPSA) is 105 Å². The summed E-state index contributed by atoms with van der Waals surface area (Å²) in [6, 6.07) is 0. The third-order valence-electron chi connectivity index (χ3n) is 2.10. The lowest BCUT2D eigenvalue weighted by Gasteiger charge is -2.06. The van der Waals surface area contributed by atoms with E-state index in [0.717, 1.165) is 5.69 Å². The van der Waals surface area contributed by atoms with Crippen molar-refractivity contribution in [2.24, 2.45) is 5.73 Å². The smallest absolute Gasteiger partial charge is 0.108 e. The third-order valence-corrected chi connectivity index (χ3v) is 2.10. The van der Waals surface area contributed by atoms with Crippen LogP contribution in [0.5, 0.6) is 0 Å². The molecule has 1 heterocycles. The zero-order valence-electron chi connectivity index (χ0n) is 11.0. The first-order chi connectivity index (χ1) is 9.43. The fourth-order valence-corrected chi connectivity index (χ4v) is 1.22. The molecule has 8 nitrogen and oxygen atoms in total. The average molecular weight is 274 g/mol. The minimum atomic E-state index is 0.439. The van der Waals surface area contributed by atoms with Crippen LogP contribution in [0.25, 0.3) is 0 Å². The lowest BCUT2D eigenvalue weighted by Crippen LogP contribution is -2.14. The van der Waals surface area contributed by atoms with Crippen LogP contribution in [0.2, 0.25) is 0 Å². The number of nitrogens with one attached hydrogen (secondary N) is 1. The molecule has 0 atom stereocenters. The van der Waals surface area contributed by atoms with E-state index in [2.05, 4.69) is 15.4 Å². The Morgan fingerprint density at radius 3 is 2.00 bits per heavy atom. The van der Waals surface area contributed by atoms with Crippen molar-refractivity contribution in [1.29, 1.82) is 0 Å². The van der Waals surface area contributed by atoms with Crippen LogP contribution in [0, 0.1) is 0 Å². The highest BCUT2D eigenvalue weighted by Gasteiger charge is 1.96. The lowest BCUT2D eigenvalue weighted by molar-refractivity contribution is -0.00369. The SMILES string of the molecule is NCCOCCOCCOCCOCc1c[nH]nn1. The number of hydrogen-bond acceptors (Lipinski definition) is 7. The van der Waals surface area contributed by atoms with Crippen molar-refractivity contribution in [3.8, 4) is 0 Å². The van der Waals surface area contributed by atoms with Gasteiger partial charge in [0.2, 0.25) is 0 Å². The highest BCUT2D eigenvalue weighted by Crippen LogP contribution is 1.92. The van der Waals surface area contributed by atoms with Crippen molar-refractivity contribution in [1.82, 2.24) is 15.4 Å². The van der Waals surface area contributed by atoms with E-state index in [1.54, 1.807) is 6.20 Å². The summed E-state index contributed by atoms with van der Waals surface area (Å²) in [7, 11) is 0. The molecule has 0 bridgehead atoms.